The van der Waals surface area contributed by atoms with Crippen LogP contribution in [0.25, 0.3) is 0 Å². The Morgan fingerprint density at radius 2 is 1.89 bits per heavy atom. The van der Waals surface area contributed by atoms with Crippen molar-refractivity contribution >= 4 is 15.9 Å². The van der Waals surface area contributed by atoms with Crippen molar-refractivity contribution in [2.45, 2.75) is 18.3 Å². The van der Waals surface area contributed by atoms with Gasteiger partial charge in [0.1, 0.15) is 0 Å². The SMILES string of the molecule is Brc1ccc(C2CCNCC2c2ccccc2)nc1. The van der Waals surface area contributed by atoms with E-state index in [0.29, 0.717) is 11.8 Å². The van der Waals surface area contributed by atoms with E-state index in [4.69, 9.17) is 0 Å². The molecule has 1 saturated heterocycles. The van der Waals surface area contributed by atoms with E-state index in [2.05, 4.69) is 68.7 Å². The fourth-order valence-corrected chi connectivity index (χ4v) is 3.10. The van der Waals surface area contributed by atoms with Crippen LogP contribution in [0, 0.1) is 0 Å². The summed E-state index contributed by atoms with van der Waals surface area (Å²) in [6.45, 7) is 2.11. The van der Waals surface area contributed by atoms with Gasteiger partial charge < -0.3 is 5.32 Å². The molecule has 0 bridgehead atoms. The lowest BCUT2D eigenvalue weighted by molar-refractivity contribution is 0.398. The molecular weight excluding hydrogens is 300 g/mol. The smallest absolute Gasteiger partial charge is 0.0442 e. The van der Waals surface area contributed by atoms with Gasteiger partial charge in [-0.2, -0.15) is 0 Å². The normalized spacial score (nSPS) is 23.2. The molecule has 0 aliphatic carbocycles. The maximum absolute atomic E-state index is 4.60. The first-order valence-electron chi connectivity index (χ1n) is 6.72. The van der Waals surface area contributed by atoms with Crippen molar-refractivity contribution in [3.8, 4) is 0 Å². The molecule has 2 aromatic rings. The lowest BCUT2D eigenvalue weighted by Crippen LogP contribution is -2.34. The molecule has 0 saturated carbocycles. The molecule has 2 unspecified atom stereocenters. The molecule has 1 fully saturated rings. The Balaban J connectivity index is 1.91. The third-order valence-electron chi connectivity index (χ3n) is 3.84. The molecule has 1 N–H and O–H groups in total. The van der Waals surface area contributed by atoms with Crippen LogP contribution in [0.2, 0.25) is 0 Å². The van der Waals surface area contributed by atoms with Gasteiger partial charge in [0.25, 0.3) is 0 Å². The van der Waals surface area contributed by atoms with Gasteiger partial charge in [-0.15, -0.1) is 0 Å². The van der Waals surface area contributed by atoms with Crippen LogP contribution in [0.15, 0.2) is 53.1 Å². The number of piperidine rings is 1. The lowest BCUT2D eigenvalue weighted by atomic mass is 9.79. The fourth-order valence-electron chi connectivity index (χ4n) is 2.87. The molecule has 0 amide bonds. The van der Waals surface area contributed by atoms with Crippen LogP contribution in [0.1, 0.15) is 29.5 Å². The number of hydrogen-bond acceptors (Lipinski definition) is 2. The summed E-state index contributed by atoms with van der Waals surface area (Å²) >= 11 is 3.45. The summed E-state index contributed by atoms with van der Waals surface area (Å²) in [6.07, 6.45) is 3.05. The van der Waals surface area contributed by atoms with Crippen molar-refractivity contribution in [3.63, 3.8) is 0 Å². The van der Waals surface area contributed by atoms with Gasteiger partial charge in [0.05, 0.1) is 0 Å². The van der Waals surface area contributed by atoms with Crippen molar-refractivity contribution in [1.82, 2.24) is 10.3 Å². The van der Waals surface area contributed by atoms with E-state index in [1.807, 2.05) is 6.20 Å². The molecule has 3 rings (SSSR count). The summed E-state index contributed by atoms with van der Waals surface area (Å²) in [5.74, 6) is 1.03. The van der Waals surface area contributed by atoms with Gasteiger partial charge in [0.2, 0.25) is 0 Å². The molecule has 1 aliphatic heterocycles. The Morgan fingerprint density at radius 3 is 2.63 bits per heavy atom. The third kappa shape index (κ3) is 2.88. The van der Waals surface area contributed by atoms with Gasteiger partial charge in [0.15, 0.2) is 0 Å². The van der Waals surface area contributed by atoms with Gasteiger partial charge >= 0.3 is 0 Å². The molecule has 1 aromatic carbocycles. The molecule has 3 heteroatoms. The number of benzene rings is 1. The largest absolute Gasteiger partial charge is 0.316 e. The number of hydrogen-bond donors (Lipinski definition) is 1. The first-order chi connectivity index (χ1) is 9.34. The second-order valence-electron chi connectivity index (χ2n) is 5.02. The van der Waals surface area contributed by atoms with Gasteiger partial charge in [0, 0.05) is 34.7 Å². The van der Waals surface area contributed by atoms with Crippen LogP contribution in [0.5, 0.6) is 0 Å². The van der Waals surface area contributed by atoms with E-state index in [-0.39, 0.29) is 0 Å². The molecule has 1 aromatic heterocycles. The highest BCUT2D eigenvalue weighted by molar-refractivity contribution is 9.10. The first kappa shape index (κ1) is 12.8. The zero-order valence-corrected chi connectivity index (χ0v) is 12.3. The Kier molecular flexibility index (Phi) is 3.95. The van der Waals surface area contributed by atoms with Crippen molar-refractivity contribution < 1.29 is 0 Å². The Bertz CT molecular complexity index is 524. The number of nitrogens with zero attached hydrogens (tertiary/aromatic N) is 1. The van der Waals surface area contributed by atoms with Crippen LogP contribution in [-0.2, 0) is 0 Å². The quantitative estimate of drug-likeness (QED) is 0.913. The minimum atomic E-state index is 0.511. The molecule has 19 heavy (non-hydrogen) atoms. The third-order valence-corrected chi connectivity index (χ3v) is 4.31. The summed E-state index contributed by atoms with van der Waals surface area (Å²) in [5.41, 5.74) is 2.61. The summed E-state index contributed by atoms with van der Waals surface area (Å²) in [6, 6.07) is 15.0. The van der Waals surface area contributed by atoms with Crippen molar-refractivity contribution in [2.75, 3.05) is 13.1 Å². The Morgan fingerprint density at radius 1 is 1.05 bits per heavy atom. The zero-order valence-electron chi connectivity index (χ0n) is 10.7. The van der Waals surface area contributed by atoms with Crippen LogP contribution < -0.4 is 5.32 Å². The molecule has 2 heterocycles. The van der Waals surface area contributed by atoms with Crippen molar-refractivity contribution in [3.05, 3.63) is 64.4 Å². The average molecular weight is 317 g/mol. The summed E-state index contributed by atoms with van der Waals surface area (Å²) in [7, 11) is 0. The number of aromatic nitrogens is 1. The van der Waals surface area contributed by atoms with Gasteiger partial charge in [-0.3, -0.25) is 4.98 Å². The van der Waals surface area contributed by atoms with E-state index < -0.39 is 0 Å². The van der Waals surface area contributed by atoms with E-state index in [0.717, 1.165) is 24.0 Å². The molecule has 0 radical (unpaired) electrons. The molecule has 2 atom stereocenters. The Hall–Kier alpha value is -1.19. The predicted octanol–water partition coefficient (Wildman–Crippen LogP) is 3.70. The maximum Gasteiger partial charge on any atom is 0.0442 e. The molecule has 1 aliphatic rings. The molecular formula is C16H17BrN2. The first-order valence-corrected chi connectivity index (χ1v) is 7.51. The number of pyridine rings is 1. The average Bonchev–Trinajstić information content (AvgIpc) is 2.49. The zero-order chi connectivity index (χ0) is 13.1. The topological polar surface area (TPSA) is 24.9 Å². The summed E-state index contributed by atoms with van der Waals surface area (Å²) in [5, 5.41) is 3.51. The van der Waals surface area contributed by atoms with Crippen LogP contribution >= 0.6 is 15.9 Å². The van der Waals surface area contributed by atoms with E-state index in [9.17, 15) is 0 Å². The van der Waals surface area contributed by atoms with E-state index in [1.54, 1.807) is 0 Å². The maximum atomic E-state index is 4.60. The summed E-state index contributed by atoms with van der Waals surface area (Å²) in [4.78, 5) is 4.60. The van der Waals surface area contributed by atoms with E-state index in [1.165, 1.54) is 11.3 Å². The molecule has 0 spiro atoms. The van der Waals surface area contributed by atoms with Gasteiger partial charge in [-0.05, 0) is 46.6 Å². The van der Waals surface area contributed by atoms with Crippen LogP contribution in [0.4, 0.5) is 0 Å². The highest BCUT2D eigenvalue weighted by atomic mass is 79.9. The van der Waals surface area contributed by atoms with Gasteiger partial charge in [-0.1, -0.05) is 30.3 Å². The van der Waals surface area contributed by atoms with Crippen LogP contribution in [0.3, 0.4) is 0 Å². The molecule has 2 nitrogen and oxygen atoms in total. The second kappa shape index (κ2) is 5.85. The number of nitrogens with one attached hydrogen (secondary N) is 1. The predicted molar refractivity (Wildman–Crippen MR) is 81.3 cm³/mol. The minimum absolute atomic E-state index is 0.511. The monoisotopic (exact) mass is 316 g/mol. The number of rotatable bonds is 2. The van der Waals surface area contributed by atoms with Crippen LogP contribution in [-0.4, -0.2) is 18.1 Å². The van der Waals surface area contributed by atoms with E-state index >= 15 is 0 Å². The molecule has 98 valence electrons. The lowest BCUT2D eigenvalue weighted by Gasteiger charge is -2.32. The standard InChI is InChI=1S/C16H17BrN2/c17-13-6-7-16(19-10-13)14-8-9-18-11-15(14)12-4-2-1-3-5-12/h1-7,10,14-15,18H,8-9,11H2. The Labute approximate surface area is 122 Å². The second-order valence-corrected chi connectivity index (χ2v) is 5.93. The van der Waals surface area contributed by atoms with Crippen molar-refractivity contribution in [2.24, 2.45) is 0 Å². The van der Waals surface area contributed by atoms with Crippen molar-refractivity contribution in [1.29, 1.82) is 0 Å². The fraction of sp³-hybridized carbons (Fsp3) is 0.312. The highest BCUT2D eigenvalue weighted by Gasteiger charge is 2.28. The minimum Gasteiger partial charge on any atom is -0.316 e. The highest BCUT2D eigenvalue weighted by Crippen LogP contribution is 2.36. The summed E-state index contributed by atoms with van der Waals surface area (Å²) < 4.78 is 1.04. The number of halogens is 1. The van der Waals surface area contributed by atoms with Gasteiger partial charge in [-0.25, -0.2) is 0 Å².